The molecule has 0 spiro atoms. The fourth-order valence-corrected chi connectivity index (χ4v) is 6.54. The maximum Gasteiger partial charge on any atom is 0.415 e. The van der Waals surface area contributed by atoms with Crippen molar-refractivity contribution in [3.63, 3.8) is 0 Å². The summed E-state index contributed by atoms with van der Waals surface area (Å²) in [5.74, 6) is 0.378. The lowest BCUT2D eigenvalue weighted by molar-refractivity contribution is -0.209. The molecular weight excluding hydrogens is 513 g/mol. The summed E-state index contributed by atoms with van der Waals surface area (Å²) >= 11 is 3.05. The molecule has 2 aliphatic rings. The van der Waals surface area contributed by atoms with Crippen LogP contribution in [-0.4, -0.2) is 79.8 Å². The van der Waals surface area contributed by atoms with E-state index in [1.165, 1.54) is 17.5 Å². The van der Waals surface area contributed by atoms with Crippen LogP contribution < -0.4 is 5.32 Å². The molecule has 1 amide bonds. The van der Waals surface area contributed by atoms with Gasteiger partial charge in [0.1, 0.15) is 5.82 Å². The highest BCUT2D eigenvalue weighted by atomic mass is 32.1. The van der Waals surface area contributed by atoms with E-state index in [9.17, 15) is 23.1 Å². The molecule has 3 aromatic rings. The SMILES string of the molecule is Cc1nc(C)c(-c2csc(Nc3ccc(C(=O)N4C5CC[C@H]4CN(CC(O)C(F)(F)F)C5)cn3)n2)s1. The number of hydrogen-bond acceptors (Lipinski definition) is 9. The van der Waals surface area contributed by atoms with Gasteiger partial charge >= 0.3 is 6.18 Å². The van der Waals surface area contributed by atoms with Crippen molar-refractivity contribution >= 4 is 39.5 Å². The number of piperazine rings is 1. The highest BCUT2D eigenvalue weighted by Gasteiger charge is 2.45. The van der Waals surface area contributed by atoms with Crippen molar-refractivity contribution < 1.29 is 23.1 Å². The van der Waals surface area contributed by atoms with Gasteiger partial charge in [0.25, 0.3) is 5.91 Å². The van der Waals surface area contributed by atoms with Crippen molar-refractivity contribution in [1.29, 1.82) is 0 Å². The second-order valence-electron chi connectivity index (χ2n) is 9.12. The van der Waals surface area contributed by atoms with Crippen LogP contribution in [0, 0.1) is 13.8 Å². The van der Waals surface area contributed by atoms with Crippen LogP contribution >= 0.6 is 22.7 Å². The zero-order chi connectivity index (χ0) is 25.6. The minimum atomic E-state index is -4.65. The van der Waals surface area contributed by atoms with Crippen molar-refractivity contribution in [2.75, 3.05) is 25.0 Å². The van der Waals surface area contributed by atoms with Crippen LogP contribution in [0.25, 0.3) is 10.6 Å². The van der Waals surface area contributed by atoms with Gasteiger partial charge in [-0.3, -0.25) is 9.69 Å². The van der Waals surface area contributed by atoms with Crippen molar-refractivity contribution in [2.45, 2.75) is 51.1 Å². The number of hydrogen-bond donors (Lipinski definition) is 2. The maximum atomic E-state index is 13.2. The summed E-state index contributed by atoms with van der Waals surface area (Å²) in [5, 5.41) is 16.2. The molecule has 5 rings (SSSR count). The first-order chi connectivity index (χ1) is 17.1. The first-order valence-corrected chi connectivity index (χ1v) is 13.2. The highest BCUT2D eigenvalue weighted by Crippen LogP contribution is 2.34. The van der Waals surface area contributed by atoms with Crippen LogP contribution in [0.3, 0.4) is 0 Å². The standard InChI is InChI=1S/C23H25F3N6O2S2/c1-12-20(36-13(2)28-12)17-11-35-22(29-17)30-19-6-3-14(7-27-19)21(34)32-15-4-5-16(32)9-31(8-15)10-18(33)23(24,25)26/h3,6-7,11,15-16,18,33H,4-5,8-10H2,1-2H3,(H,27,29,30)/t15-,16?,18?/m0/s1. The summed E-state index contributed by atoms with van der Waals surface area (Å²) in [5.41, 5.74) is 2.23. The van der Waals surface area contributed by atoms with Gasteiger partial charge in [-0.25, -0.2) is 15.0 Å². The Morgan fingerprint density at radius 2 is 1.94 bits per heavy atom. The second kappa shape index (κ2) is 9.69. The van der Waals surface area contributed by atoms with Crippen LogP contribution in [0.2, 0.25) is 0 Å². The number of aryl methyl sites for hydroxylation is 2. The summed E-state index contributed by atoms with van der Waals surface area (Å²) in [6, 6.07) is 3.06. The fourth-order valence-electron chi connectivity index (χ4n) is 4.88. The molecule has 0 aromatic carbocycles. The number of rotatable bonds is 6. The lowest BCUT2D eigenvalue weighted by atomic mass is 10.1. The predicted octanol–water partition coefficient (Wildman–Crippen LogP) is 4.23. The number of carbonyl (C=O) groups is 1. The van der Waals surface area contributed by atoms with Crippen molar-refractivity contribution in [1.82, 2.24) is 24.8 Å². The molecule has 2 N–H and O–H groups in total. The van der Waals surface area contributed by atoms with E-state index in [0.29, 0.717) is 29.6 Å². The Labute approximate surface area is 213 Å². The molecule has 2 unspecified atom stereocenters. The van der Waals surface area contributed by atoms with Crippen LogP contribution in [0.4, 0.5) is 24.1 Å². The van der Waals surface area contributed by atoms with Gasteiger partial charge in [-0.05, 0) is 38.8 Å². The third kappa shape index (κ3) is 5.10. The number of nitrogens with zero attached hydrogens (tertiary/aromatic N) is 5. The molecule has 5 heterocycles. The fraction of sp³-hybridized carbons (Fsp3) is 0.478. The Hall–Kier alpha value is -2.61. The molecule has 0 saturated carbocycles. The molecular formula is C23H25F3N6O2S2. The third-order valence-electron chi connectivity index (χ3n) is 6.49. The number of fused-ring (bicyclic) bond motifs is 2. The van der Waals surface area contributed by atoms with Gasteiger partial charge in [0.2, 0.25) is 0 Å². The van der Waals surface area contributed by atoms with Gasteiger partial charge in [-0.15, -0.1) is 22.7 Å². The normalized spacial score (nSPS) is 21.1. The van der Waals surface area contributed by atoms with Gasteiger partial charge in [0.15, 0.2) is 11.2 Å². The van der Waals surface area contributed by atoms with Crippen molar-refractivity contribution in [3.8, 4) is 10.6 Å². The Bertz CT molecular complexity index is 1230. The third-order valence-corrected chi connectivity index (χ3v) is 8.34. The summed E-state index contributed by atoms with van der Waals surface area (Å²) in [6.45, 7) is 4.08. The zero-order valence-corrected chi connectivity index (χ0v) is 21.3. The molecule has 2 fully saturated rings. The average Bonchev–Trinajstić information content (AvgIpc) is 3.48. The average molecular weight is 539 g/mol. The van der Waals surface area contributed by atoms with Gasteiger partial charge in [0.05, 0.1) is 26.8 Å². The number of nitrogens with one attached hydrogen (secondary N) is 1. The molecule has 2 aliphatic heterocycles. The molecule has 2 saturated heterocycles. The number of thiazole rings is 2. The number of aliphatic hydroxyl groups is 1. The van der Waals surface area contributed by atoms with E-state index < -0.39 is 18.8 Å². The van der Waals surface area contributed by atoms with Crippen molar-refractivity contribution in [2.24, 2.45) is 0 Å². The largest absolute Gasteiger partial charge is 0.415 e. The minimum Gasteiger partial charge on any atom is -0.382 e. The smallest absolute Gasteiger partial charge is 0.382 e. The zero-order valence-electron chi connectivity index (χ0n) is 19.6. The number of amides is 1. The van der Waals surface area contributed by atoms with Crippen LogP contribution in [0.15, 0.2) is 23.7 Å². The number of aromatic nitrogens is 3. The van der Waals surface area contributed by atoms with E-state index in [1.807, 2.05) is 19.2 Å². The van der Waals surface area contributed by atoms with Crippen LogP contribution in [-0.2, 0) is 0 Å². The minimum absolute atomic E-state index is 0.176. The van der Waals surface area contributed by atoms with E-state index in [2.05, 4.69) is 20.3 Å². The van der Waals surface area contributed by atoms with Gasteiger partial charge < -0.3 is 15.3 Å². The first kappa shape index (κ1) is 25.1. The topological polar surface area (TPSA) is 94.5 Å². The van der Waals surface area contributed by atoms with Gasteiger partial charge in [-0.1, -0.05) is 0 Å². The highest BCUT2D eigenvalue weighted by molar-refractivity contribution is 7.16. The second-order valence-corrected chi connectivity index (χ2v) is 11.2. The monoisotopic (exact) mass is 538 g/mol. The summed E-state index contributed by atoms with van der Waals surface area (Å²) in [7, 11) is 0. The van der Waals surface area contributed by atoms with E-state index in [-0.39, 0.29) is 18.0 Å². The summed E-state index contributed by atoms with van der Waals surface area (Å²) in [4.78, 5) is 31.1. The number of halogens is 3. The number of likely N-dealkylation sites (tertiary alicyclic amines) is 1. The van der Waals surface area contributed by atoms with E-state index in [0.717, 1.165) is 34.1 Å². The number of pyridine rings is 1. The van der Waals surface area contributed by atoms with Crippen LogP contribution in [0.1, 0.15) is 33.9 Å². The lowest BCUT2D eigenvalue weighted by Gasteiger charge is -2.41. The quantitative estimate of drug-likeness (QED) is 0.485. The van der Waals surface area contributed by atoms with E-state index >= 15 is 0 Å². The Kier molecular flexibility index (Phi) is 6.74. The number of β-amino-alcohol motifs (C(OH)–C–C–N with tert-alkyl or cyclic N) is 1. The lowest BCUT2D eigenvalue weighted by Crippen LogP contribution is -2.57. The molecule has 192 valence electrons. The first-order valence-electron chi connectivity index (χ1n) is 11.5. The number of aliphatic hydroxyl groups excluding tert-OH is 1. The Balaban J connectivity index is 1.22. The van der Waals surface area contributed by atoms with Gasteiger partial charge in [0, 0.05) is 43.3 Å². The maximum absolute atomic E-state index is 13.2. The Morgan fingerprint density at radius 3 is 2.53 bits per heavy atom. The Morgan fingerprint density at radius 1 is 1.22 bits per heavy atom. The molecule has 36 heavy (non-hydrogen) atoms. The molecule has 8 nitrogen and oxygen atoms in total. The van der Waals surface area contributed by atoms with Crippen LogP contribution in [0.5, 0.6) is 0 Å². The molecule has 3 aromatic heterocycles. The number of alkyl halides is 3. The molecule has 0 aliphatic carbocycles. The molecule has 0 radical (unpaired) electrons. The molecule has 13 heteroatoms. The predicted molar refractivity (Wildman–Crippen MR) is 132 cm³/mol. The van der Waals surface area contributed by atoms with Gasteiger partial charge in [-0.2, -0.15) is 13.2 Å². The summed E-state index contributed by atoms with van der Waals surface area (Å²) in [6.07, 6.45) is -4.06. The molecule has 3 atom stereocenters. The number of anilines is 2. The van der Waals surface area contributed by atoms with E-state index in [4.69, 9.17) is 0 Å². The number of carbonyl (C=O) groups excluding carboxylic acids is 1. The van der Waals surface area contributed by atoms with E-state index in [1.54, 1.807) is 33.3 Å². The summed E-state index contributed by atoms with van der Waals surface area (Å²) < 4.78 is 38.2. The molecule has 2 bridgehead atoms. The van der Waals surface area contributed by atoms with Crippen molar-refractivity contribution in [3.05, 3.63) is 40.0 Å².